The molecule has 2 heterocycles. The summed E-state index contributed by atoms with van der Waals surface area (Å²) in [7, 11) is 0. The Morgan fingerprint density at radius 1 is 1.10 bits per heavy atom. The van der Waals surface area contributed by atoms with Crippen LogP contribution in [0.25, 0.3) is 17.1 Å². The first kappa shape index (κ1) is 18.4. The Morgan fingerprint density at radius 3 is 2.62 bits per heavy atom. The SMILES string of the molecule is O=C(Cc1ccc(F)cc1)N/N=C\c1cn(-c2ccccc2)nc1-c1ccco1. The maximum atomic E-state index is 13.0. The van der Waals surface area contributed by atoms with Gasteiger partial charge in [-0.25, -0.2) is 14.5 Å². The Kier molecular flexibility index (Phi) is 5.29. The van der Waals surface area contributed by atoms with Gasteiger partial charge in [0.15, 0.2) is 5.76 Å². The van der Waals surface area contributed by atoms with E-state index in [9.17, 15) is 9.18 Å². The maximum Gasteiger partial charge on any atom is 0.244 e. The topological polar surface area (TPSA) is 72.4 Å². The molecule has 0 saturated carbocycles. The third-order valence-corrected chi connectivity index (χ3v) is 4.19. The minimum absolute atomic E-state index is 0.103. The lowest BCUT2D eigenvalue weighted by Gasteiger charge is -2.00. The second kappa shape index (κ2) is 8.35. The van der Waals surface area contributed by atoms with Gasteiger partial charge in [-0.3, -0.25) is 4.79 Å². The summed E-state index contributed by atoms with van der Waals surface area (Å²) in [6.45, 7) is 0. The van der Waals surface area contributed by atoms with Crippen LogP contribution in [0.1, 0.15) is 11.1 Å². The molecule has 0 aliphatic rings. The molecule has 0 fully saturated rings. The zero-order valence-electron chi connectivity index (χ0n) is 15.3. The lowest BCUT2D eigenvalue weighted by atomic mass is 10.1. The average molecular weight is 388 g/mol. The molecule has 0 spiro atoms. The molecule has 1 amide bonds. The highest BCUT2D eigenvalue weighted by Gasteiger charge is 2.13. The first-order valence-electron chi connectivity index (χ1n) is 8.94. The van der Waals surface area contributed by atoms with Crippen molar-refractivity contribution < 1.29 is 13.6 Å². The van der Waals surface area contributed by atoms with Gasteiger partial charge in [-0.2, -0.15) is 10.2 Å². The molecule has 29 heavy (non-hydrogen) atoms. The van der Waals surface area contributed by atoms with Crippen LogP contribution in [0.5, 0.6) is 0 Å². The summed E-state index contributed by atoms with van der Waals surface area (Å²) in [5.41, 5.74) is 5.37. The molecule has 1 N–H and O–H groups in total. The molecule has 2 aromatic carbocycles. The van der Waals surface area contributed by atoms with Gasteiger partial charge in [-0.1, -0.05) is 30.3 Å². The summed E-state index contributed by atoms with van der Waals surface area (Å²) in [4.78, 5) is 12.1. The number of nitrogens with one attached hydrogen (secondary N) is 1. The van der Waals surface area contributed by atoms with E-state index in [1.165, 1.54) is 18.3 Å². The van der Waals surface area contributed by atoms with E-state index < -0.39 is 0 Å². The zero-order valence-corrected chi connectivity index (χ0v) is 15.3. The Balaban J connectivity index is 1.51. The summed E-state index contributed by atoms with van der Waals surface area (Å²) in [6.07, 6.45) is 5.00. The highest BCUT2D eigenvalue weighted by molar-refractivity contribution is 5.89. The molecule has 7 heteroatoms. The van der Waals surface area contributed by atoms with Gasteiger partial charge in [0.25, 0.3) is 0 Å². The van der Waals surface area contributed by atoms with Crippen molar-refractivity contribution in [3.05, 3.63) is 96.1 Å². The predicted octanol–water partition coefficient (Wildman–Crippen LogP) is 3.96. The normalized spacial score (nSPS) is 11.1. The molecule has 4 aromatic rings. The standard InChI is InChI=1S/C22H17FN4O2/c23-18-10-8-16(9-11-18)13-21(28)25-24-14-17-15-27(19-5-2-1-3-6-19)26-22(17)20-7-4-12-29-20/h1-12,14-15H,13H2,(H,25,28)/b24-14-. The van der Waals surface area contributed by atoms with E-state index in [0.29, 0.717) is 22.6 Å². The van der Waals surface area contributed by atoms with Crippen molar-refractivity contribution in [3.63, 3.8) is 0 Å². The van der Waals surface area contributed by atoms with Crippen LogP contribution >= 0.6 is 0 Å². The van der Waals surface area contributed by atoms with Crippen molar-refractivity contribution in [2.45, 2.75) is 6.42 Å². The van der Waals surface area contributed by atoms with E-state index >= 15 is 0 Å². The number of rotatable bonds is 6. The number of aromatic nitrogens is 2. The molecule has 6 nitrogen and oxygen atoms in total. The van der Waals surface area contributed by atoms with Gasteiger partial charge < -0.3 is 4.42 Å². The van der Waals surface area contributed by atoms with E-state index in [1.807, 2.05) is 42.6 Å². The van der Waals surface area contributed by atoms with Crippen LogP contribution in [0.2, 0.25) is 0 Å². The number of benzene rings is 2. The smallest absolute Gasteiger partial charge is 0.244 e. The number of hydrazone groups is 1. The van der Waals surface area contributed by atoms with Crippen LogP contribution in [0.4, 0.5) is 4.39 Å². The van der Waals surface area contributed by atoms with E-state index in [0.717, 1.165) is 5.69 Å². The van der Waals surface area contributed by atoms with Crippen molar-refractivity contribution in [2.24, 2.45) is 5.10 Å². The molecule has 4 rings (SSSR count). The van der Waals surface area contributed by atoms with Crippen molar-refractivity contribution in [3.8, 4) is 17.1 Å². The number of carbonyl (C=O) groups is 1. The lowest BCUT2D eigenvalue weighted by molar-refractivity contribution is -0.120. The fourth-order valence-corrected chi connectivity index (χ4v) is 2.80. The number of amides is 1. The van der Waals surface area contributed by atoms with E-state index in [4.69, 9.17) is 4.42 Å². The van der Waals surface area contributed by atoms with Crippen LogP contribution in [-0.2, 0) is 11.2 Å². The number of hydrogen-bond acceptors (Lipinski definition) is 4. The third kappa shape index (κ3) is 4.47. The largest absolute Gasteiger partial charge is 0.463 e. The second-order valence-electron chi connectivity index (χ2n) is 6.29. The summed E-state index contributed by atoms with van der Waals surface area (Å²) in [6, 6.07) is 19.0. The van der Waals surface area contributed by atoms with Crippen molar-refractivity contribution in [1.82, 2.24) is 15.2 Å². The first-order chi connectivity index (χ1) is 14.2. The Morgan fingerprint density at radius 2 is 1.90 bits per heavy atom. The Hall–Kier alpha value is -4.00. The average Bonchev–Trinajstić information content (AvgIpc) is 3.40. The molecule has 0 saturated heterocycles. The minimum atomic E-state index is -0.340. The zero-order chi connectivity index (χ0) is 20.1. The molecular weight excluding hydrogens is 371 g/mol. The number of para-hydroxylation sites is 1. The number of nitrogens with zero attached hydrogens (tertiary/aromatic N) is 3. The van der Waals surface area contributed by atoms with Gasteiger partial charge in [-0.05, 0) is 42.0 Å². The number of hydrogen-bond donors (Lipinski definition) is 1. The van der Waals surface area contributed by atoms with Gasteiger partial charge in [0.05, 0.1) is 24.6 Å². The molecule has 144 valence electrons. The highest BCUT2D eigenvalue weighted by atomic mass is 19.1. The number of furan rings is 1. The molecule has 0 atom stereocenters. The highest BCUT2D eigenvalue weighted by Crippen LogP contribution is 2.23. The van der Waals surface area contributed by atoms with Crippen LogP contribution in [0.15, 0.2) is 88.7 Å². The van der Waals surface area contributed by atoms with Crippen LogP contribution in [0.3, 0.4) is 0 Å². The summed E-state index contributed by atoms with van der Waals surface area (Å²) in [5, 5.41) is 8.62. The quantitative estimate of drug-likeness (QED) is 0.401. The lowest BCUT2D eigenvalue weighted by Crippen LogP contribution is -2.19. The van der Waals surface area contributed by atoms with E-state index in [-0.39, 0.29) is 18.1 Å². The van der Waals surface area contributed by atoms with E-state index in [2.05, 4.69) is 15.6 Å². The summed E-state index contributed by atoms with van der Waals surface area (Å²) in [5.74, 6) is -0.0466. The fourth-order valence-electron chi connectivity index (χ4n) is 2.80. The van der Waals surface area contributed by atoms with Gasteiger partial charge in [0.2, 0.25) is 5.91 Å². The monoisotopic (exact) mass is 388 g/mol. The van der Waals surface area contributed by atoms with Crippen molar-refractivity contribution in [2.75, 3.05) is 0 Å². The van der Waals surface area contributed by atoms with E-state index in [1.54, 1.807) is 29.1 Å². The van der Waals surface area contributed by atoms with Crippen LogP contribution in [-0.4, -0.2) is 21.9 Å². The van der Waals surface area contributed by atoms with Gasteiger partial charge in [-0.15, -0.1) is 0 Å². The molecular formula is C22H17FN4O2. The fraction of sp³-hybridized carbons (Fsp3) is 0.0455. The van der Waals surface area contributed by atoms with Crippen LogP contribution < -0.4 is 5.43 Å². The van der Waals surface area contributed by atoms with Gasteiger partial charge in [0, 0.05) is 11.8 Å². The Bertz CT molecular complexity index is 1120. The first-order valence-corrected chi connectivity index (χ1v) is 8.94. The molecule has 0 bridgehead atoms. The number of carbonyl (C=O) groups excluding carboxylic acids is 1. The molecule has 2 aromatic heterocycles. The van der Waals surface area contributed by atoms with Crippen molar-refractivity contribution >= 4 is 12.1 Å². The maximum absolute atomic E-state index is 13.0. The Labute approximate surface area is 166 Å². The van der Waals surface area contributed by atoms with Crippen molar-refractivity contribution in [1.29, 1.82) is 0 Å². The van der Waals surface area contributed by atoms with Gasteiger partial charge >= 0.3 is 0 Å². The molecule has 0 aliphatic carbocycles. The third-order valence-electron chi connectivity index (χ3n) is 4.19. The van der Waals surface area contributed by atoms with Gasteiger partial charge in [0.1, 0.15) is 11.5 Å². The van der Waals surface area contributed by atoms with Crippen LogP contribution in [0, 0.1) is 5.82 Å². The predicted molar refractivity (Wildman–Crippen MR) is 107 cm³/mol. The summed E-state index contributed by atoms with van der Waals surface area (Å²) >= 11 is 0. The number of halogens is 1. The second-order valence-corrected chi connectivity index (χ2v) is 6.29. The molecule has 0 aliphatic heterocycles. The molecule has 0 unspecified atom stereocenters. The minimum Gasteiger partial charge on any atom is -0.463 e. The summed E-state index contributed by atoms with van der Waals surface area (Å²) < 4.78 is 20.1. The molecule has 0 radical (unpaired) electrons.